The third-order valence-corrected chi connectivity index (χ3v) is 2.06. The number of aromatic amines is 1. The van der Waals surface area contributed by atoms with Crippen molar-refractivity contribution in [2.24, 2.45) is 0 Å². The number of nitrogens with zero attached hydrogens (tertiary/aromatic N) is 2. The van der Waals surface area contributed by atoms with E-state index in [9.17, 15) is 18.0 Å². The molecule has 0 atom stereocenters. The zero-order valence-corrected chi connectivity index (χ0v) is 9.73. The van der Waals surface area contributed by atoms with Crippen LogP contribution in [0.2, 0.25) is 0 Å². The summed E-state index contributed by atoms with van der Waals surface area (Å²) in [6, 6.07) is 4.63. The molecule has 0 saturated heterocycles. The van der Waals surface area contributed by atoms with Crippen molar-refractivity contribution in [3.05, 3.63) is 30.1 Å². The van der Waals surface area contributed by atoms with Crippen LogP contribution in [0.5, 0.6) is 5.75 Å². The standard InChI is InChI=1S/C10H8F3N5O2/c11-10(12,13)20-6-3-1-5(2-4-6)15-8(19)7-16-9(14)18-17-7/h1-4H,(H,15,19)(H3,14,16,17,18). The zero-order valence-electron chi connectivity index (χ0n) is 9.73. The van der Waals surface area contributed by atoms with Crippen LogP contribution in [0.4, 0.5) is 24.8 Å². The summed E-state index contributed by atoms with van der Waals surface area (Å²) in [4.78, 5) is 15.2. The Balaban J connectivity index is 2.02. The maximum Gasteiger partial charge on any atom is 0.573 e. The van der Waals surface area contributed by atoms with Crippen LogP contribution in [-0.4, -0.2) is 27.5 Å². The highest BCUT2D eigenvalue weighted by Crippen LogP contribution is 2.23. The lowest BCUT2D eigenvalue weighted by Gasteiger charge is -2.09. The van der Waals surface area contributed by atoms with Crippen molar-refractivity contribution in [1.82, 2.24) is 15.2 Å². The molecule has 2 aromatic rings. The smallest absolute Gasteiger partial charge is 0.406 e. The Morgan fingerprint density at radius 1 is 1.30 bits per heavy atom. The molecule has 7 nitrogen and oxygen atoms in total. The number of halogens is 3. The monoisotopic (exact) mass is 287 g/mol. The summed E-state index contributed by atoms with van der Waals surface area (Å²) in [5.74, 6) is -1.22. The second-order valence-corrected chi connectivity index (χ2v) is 3.57. The van der Waals surface area contributed by atoms with Gasteiger partial charge >= 0.3 is 6.36 Å². The van der Waals surface area contributed by atoms with Crippen LogP contribution in [0.25, 0.3) is 0 Å². The molecular weight excluding hydrogens is 279 g/mol. The number of nitrogens with two attached hydrogens (primary N) is 1. The molecule has 1 aromatic heterocycles. The number of amides is 1. The maximum absolute atomic E-state index is 12.0. The Morgan fingerprint density at radius 3 is 2.45 bits per heavy atom. The molecular formula is C10H8F3N5O2. The summed E-state index contributed by atoms with van der Waals surface area (Å²) >= 11 is 0. The average molecular weight is 287 g/mol. The SMILES string of the molecule is Nc1n[nH]c(C(=O)Nc2ccc(OC(F)(F)F)cc2)n1. The van der Waals surface area contributed by atoms with E-state index in [0.29, 0.717) is 0 Å². The van der Waals surface area contributed by atoms with Gasteiger partial charge in [0.15, 0.2) is 0 Å². The first-order valence-corrected chi connectivity index (χ1v) is 5.18. The highest BCUT2D eigenvalue weighted by Gasteiger charge is 2.30. The van der Waals surface area contributed by atoms with Gasteiger partial charge in [0.25, 0.3) is 5.91 Å². The van der Waals surface area contributed by atoms with Gasteiger partial charge in [-0.25, -0.2) is 0 Å². The number of rotatable bonds is 3. The normalized spacial score (nSPS) is 11.2. The van der Waals surface area contributed by atoms with Crippen LogP contribution >= 0.6 is 0 Å². The minimum absolute atomic E-state index is 0.0934. The molecule has 0 aliphatic rings. The third kappa shape index (κ3) is 3.60. The Kier molecular flexibility index (Phi) is 3.46. The Morgan fingerprint density at radius 2 is 1.95 bits per heavy atom. The van der Waals surface area contributed by atoms with Crippen LogP contribution in [0.1, 0.15) is 10.6 Å². The second-order valence-electron chi connectivity index (χ2n) is 3.57. The van der Waals surface area contributed by atoms with Crippen LogP contribution in [0, 0.1) is 0 Å². The van der Waals surface area contributed by atoms with Crippen molar-refractivity contribution in [2.45, 2.75) is 6.36 Å². The van der Waals surface area contributed by atoms with Crippen LogP contribution < -0.4 is 15.8 Å². The maximum atomic E-state index is 12.0. The topological polar surface area (TPSA) is 106 Å². The summed E-state index contributed by atoms with van der Waals surface area (Å²) in [7, 11) is 0. The summed E-state index contributed by atoms with van der Waals surface area (Å²) in [5.41, 5.74) is 5.50. The fourth-order valence-corrected chi connectivity index (χ4v) is 1.31. The van der Waals surface area contributed by atoms with Crippen molar-refractivity contribution in [3.63, 3.8) is 0 Å². The molecule has 2 rings (SSSR count). The predicted molar refractivity (Wildman–Crippen MR) is 61.9 cm³/mol. The molecule has 0 radical (unpaired) electrons. The van der Waals surface area contributed by atoms with Gasteiger partial charge in [0.1, 0.15) is 5.75 Å². The van der Waals surface area contributed by atoms with E-state index < -0.39 is 12.3 Å². The number of aromatic nitrogens is 3. The fraction of sp³-hybridized carbons (Fsp3) is 0.100. The largest absolute Gasteiger partial charge is 0.573 e. The van der Waals surface area contributed by atoms with Gasteiger partial charge in [-0.05, 0) is 24.3 Å². The van der Waals surface area contributed by atoms with Gasteiger partial charge in [-0.1, -0.05) is 0 Å². The zero-order chi connectivity index (χ0) is 14.8. The first-order valence-electron chi connectivity index (χ1n) is 5.18. The highest BCUT2D eigenvalue weighted by molar-refractivity contribution is 6.01. The van der Waals surface area contributed by atoms with Crippen molar-refractivity contribution in [1.29, 1.82) is 0 Å². The Hall–Kier alpha value is -2.78. The highest BCUT2D eigenvalue weighted by atomic mass is 19.4. The van der Waals surface area contributed by atoms with E-state index in [1.807, 2.05) is 0 Å². The van der Waals surface area contributed by atoms with Crippen LogP contribution in [0.15, 0.2) is 24.3 Å². The number of anilines is 2. The number of nitrogens with one attached hydrogen (secondary N) is 2. The van der Waals surface area contributed by atoms with Gasteiger partial charge in [0, 0.05) is 5.69 Å². The van der Waals surface area contributed by atoms with Gasteiger partial charge in [-0.2, -0.15) is 4.98 Å². The van der Waals surface area contributed by atoms with Gasteiger partial charge in [-0.15, -0.1) is 18.3 Å². The Bertz CT molecular complexity index is 608. The molecule has 1 aromatic carbocycles. The lowest BCUT2D eigenvalue weighted by atomic mass is 10.3. The molecule has 0 aliphatic carbocycles. The lowest BCUT2D eigenvalue weighted by molar-refractivity contribution is -0.274. The molecule has 106 valence electrons. The molecule has 1 amide bonds. The molecule has 0 fully saturated rings. The van der Waals surface area contributed by atoms with Gasteiger partial charge in [0.2, 0.25) is 11.8 Å². The average Bonchev–Trinajstić information content (AvgIpc) is 2.77. The number of nitrogen functional groups attached to an aromatic ring is 1. The van der Waals surface area contributed by atoms with E-state index in [1.54, 1.807) is 0 Å². The molecule has 0 bridgehead atoms. The van der Waals surface area contributed by atoms with E-state index in [-0.39, 0.29) is 23.2 Å². The fourth-order valence-electron chi connectivity index (χ4n) is 1.31. The third-order valence-electron chi connectivity index (χ3n) is 2.06. The van der Waals surface area contributed by atoms with E-state index in [2.05, 4.69) is 25.2 Å². The summed E-state index contributed by atoms with van der Waals surface area (Å²) in [6.45, 7) is 0. The number of hydrogen-bond donors (Lipinski definition) is 3. The van der Waals surface area contributed by atoms with Crippen molar-refractivity contribution >= 4 is 17.5 Å². The Labute approximate surface area is 109 Å². The minimum Gasteiger partial charge on any atom is -0.406 e. The number of benzene rings is 1. The molecule has 10 heteroatoms. The molecule has 20 heavy (non-hydrogen) atoms. The van der Waals surface area contributed by atoms with Crippen LogP contribution in [0.3, 0.4) is 0 Å². The second kappa shape index (κ2) is 5.07. The van der Waals surface area contributed by atoms with E-state index in [1.165, 1.54) is 12.1 Å². The quantitative estimate of drug-likeness (QED) is 0.794. The predicted octanol–water partition coefficient (Wildman–Crippen LogP) is 1.54. The molecule has 4 N–H and O–H groups in total. The number of carbonyl (C=O) groups excluding carboxylic acids is 1. The van der Waals surface area contributed by atoms with Crippen molar-refractivity contribution in [2.75, 3.05) is 11.1 Å². The first-order chi connectivity index (χ1) is 9.33. The van der Waals surface area contributed by atoms with E-state index in [4.69, 9.17) is 5.73 Å². The van der Waals surface area contributed by atoms with Gasteiger partial charge in [-0.3, -0.25) is 9.89 Å². The summed E-state index contributed by atoms with van der Waals surface area (Å²) in [6.07, 6.45) is -4.76. The number of ether oxygens (including phenoxy) is 1. The van der Waals surface area contributed by atoms with Crippen LogP contribution in [-0.2, 0) is 0 Å². The summed E-state index contributed by atoms with van der Waals surface area (Å²) < 4.78 is 39.5. The van der Waals surface area contributed by atoms with Gasteiger partial charge < -0.3 is 15.8 Å². The molecule has 0 saturated carbocycles. The first kappa shape index (κ1) is 13.6. The molecule has 0 unspecified atom stereocenters. The number of carbonyl (C=O) groups is 1. The van der Waals surface area contributed by atoms with Gasteiger partial charge in [0.05, 0.1) is 0 Å². The van der Waals surface area contributed by atoms with E-state index in [0.717, 1.165) is 12.1 Å². The minimum atomic E-state index is -4.76. The number of H-pyrrole nitrogens is 1. The van der Waals surface area contributed by atoms with E-state index >= 15 is 0 Å². The van der Waals surface area contributed by atoms with Crippen molar-refractivity contribution in [3.8, 4) is 5.75 Å². The molecule has 0 aliphatic heterocycles. The number of hydrogen-bond acceptors (Lipinski definition) is 5. The molecule has 1 heterocycles. The van der Waals surface area contributed by atoms with Crippen molar-refractivity contribution < 1.29 is 22.7 Å². The lowest BCUT2D eigenvalue weighted by Crippen LogP contribution is -2.17. The number of alkyl halides is 3. The summed E-state index contributed by atoms with van der Waals surface area (Å²) in [5, 5.41) is 8.16. The molecule has 0 spiro atoms.